The second-order valence-corrected chi connectivity index (χ2v) is 4.39. The molecule has 2 nitrogen and oxygen atoms in total. The molecule has 1 aliphatic rings. The maximum absolute atomic E-state index is 13.0. The molecule has 1 aliphatic heterocycles. The molecule has 0 amide bonds. The lowest BCUT2D eigenvalue weighted by Crippen LogP contribution is -2.22. The molecule has 92 valence electrons. The number of benzene rings is 1. The molecule has 2 rings (SSSR count). The Morgan fingerprint density at radius 2 is 2.29 bits per heavy atom. The van der Waals surface area contributed by atoms with Crippen LogP contribution in [0.2, 0.25) is 5.02 Å². The highest BCUT2D eigenvalue weighted by atomic mass is 35.5. The van der Waals surface area contributed by atoms with Crippen LogP contribution in [0.1, 0.15) is 24.4 Å². The van der Waals surface area contributed by atoms with Gasteiger partial charge in [0.2, 0.25) is 0 Å². The monoisotopic (exact) mass is 255 g/mol. The Morgan fingerprint density at radius 1 is 1.47 bits per heavy atom. The summed E-state index contributed by atoms with van der Waals surface area (Å²) in [6.07, 6.45) is 4.10. The maximum Gasteiger partial charge on any atom is 0.124 e. The van der Waals surface area contributed by atoms with Crippen molar-refractivity contribution in [3.8, 4) is 0 Å². The first-order valence-corrected chi connectivity index (χ1v) is 6.05. The van der Waals surface area contributed by atoms with Crippen LogP contribution in [-0.4, -0.2) is 13.7 Å². The van der Waals surface area contributed by atoms with Gasteiger partial charge in [-0.1, -0.05) is 17.7 Å². The largest absolute Gasteiger partial charge is 0.496 e. The normalized spacial score (nSPS) is 17.2. The molecule has 0 saturated carbocycles. The molecule has 0 saturated heterocycles. The number of hydrogen-bond acceptors (Lipinski definition) is 2. The van der Waals surface area contributed by atoms with Gasteiger partial charge in [0.15, 0.2) is 0 Å². The van der Waals surface area contributed by atoms with Gasteiger partial charge in [-0.05, 0) is 43.7 Å². The minimum absolute atomic E-state index is 0.108. The molecule has 0 fully saturated rings. The quantitative estimate of drug-likeness (QED) is 0.894. The third-order valence-corrected chi connectivity index (χ3v) is 3.14. The van der Waals surface area contributed by atoms with E-state index < -0.39 is 0 Å². The molecule has 1 N–H and O–H groups in total. The molecule has 1 aromatic carbocycles. The minimum atomic E-state index is -0.327. The van der Waals surface area contributed by atoms with Crippen LogP contribution in [0.15, 0.2) is 30.0 Å². The summed E-state index contributed by atoms with van der Waals surface area (Å²) in [5, 5.41) is 3.56. The number of ether oxygens (including phenoxy) is 1. The van der Waals surface area contributed by atoms with Crippen LogP contribution < -0.4 is 5.32 Å². The number of hydrogen-bond donors (Lipinski definition) is 1. The van der Waals surface area contributed by atoms with Gasteiger partial charge < -0.3 is 10.1 Å². The van der Waals surface area contributed by atoms with Gasteiger partial charge >= 0.3 is 0 Å². The Kier molecular flexibility index (Phi) is 4.02. The molecular formula is C13H15ClFNO. The number of halogens is 2. The van der Waals surface area contributed by atoms with E-state index in [1.807, 2.05) is 7.05 Å². The minimum Gasteiger partial charge on any atom is -0.496 e. The van der Waals surface area contributed by atoms with Crippen molar-refractivity contribution >= 4 is 11.6 Å². The predicted octanol–water partition coefficient (Wildman–Crippen LogP) is 3.43. The van der Waals surface area contributed by atoms with Gasteiger partial charge in [0.1, 0.15) is 11.6 Å². The summed E-state index contributed by atoms with van der Waals surface area (Å²) < 4.78 is 18.6. The smallest absolute Gasteiger partial charge is 0.124 e. The Balaban J connectivity index is 2.31. The molecule has 0 aliphatic carbocycles. The summed E-state index contributed by atoms with van der Waals surface area (Å²) in [5.74, 6) is 0.541. The van der Waals surface area contributed by atoms with Gasteiger partial charge in [-0.15, -0.1) is 0 Å². The van der Waals surface area contributed by atoms with Crippen LogP contribution in [0.4, 0.5) is 4.39 Å². The molecule has 1 atom stereocenters. The van der Waals surface area contributed by atoms with Crippen LogP contribution in [0.25, 0.3) is 0 Å². The van der Waals surface area contributed by atoms with Crippen LogP contribution in [0.5, 0.6) is 0 Å². The molecule has 1 aromatic rings. The summed E-state index contributed by atoms with van der Waals surface area (Å²) in [5.41, 5.74) is 0.837. The first-order chi connectivity index (χ1) is 8.22. The van der Waals surface area contributed by atoms with Crippen LogP contribution in [-0.2, 0) is 4.74 Å². The molecule has 1 heterocycles. The number of rotatable bonds is 3. The van der Waals surface area contributed by atoms with E-state index >= 15 is 0 Å². The lowest BCUT2D eigenvalue weighted by Gasteiger charge is -2.24. The fraction of sp³-hybridized carbons (Fsp3) is 0.385. The van der Waals surface area contributed by atoms with Crippen molar-refractivity contribution in [1.29, 1.82) is 0 Å². The van der Waals surface area contributed by atoms with Crippen molar-refractivity contribution in [2.75, 3.05) is 13.7 Å². The van der Waals surface area contributed by atoms with E-state index in [0.717, 1.165) is 30.8 Å². The van der Waals surface area contributed by atoms with Gasteiger partial charge in [0.25, 0.3) is 0 Å². The van der Waals surface area contributed by atoms with Crippen molar-refractivity contribution in [2.45, 2.75) is 18.9 Å². The van der Waals surface area contributed by atoms with Gasteiger partial charge in [-0.3, -0.25) is 0 Å². The van der Waals surface area contributed by atoms with Crippen molar-refractivity contribution in [1.82, 2.24) is 5.32 Å². The van der Waals surface area contributed by atoms with Crippen LogP contribution >= 0.6 is 11.6 Å². The third kappa shape index (κ3) is 2.79. The van der Waals surface area contributed by atoms with Gasteiger partial charge in [0.05, 0.1) is 12.6 Å². The van der Waals surface area contributed by atoms with E-state index in [1.54, 1.807) is 6.07 Å². The second-order valence-electron chi connectivity index (χ2n) is 3.98. The van der Waals surface area contributed by atoms with Gasteiger partial charge in [-0.25, -0.2) is 4.39 Å². The molecular weight excluding hydrogens is 241 g/mol. The summed E-state index contributed by atoms with van der Waals surface area (Å²) in [6, 6.07) is 4.32. The number of allylic oxidation sites excluding steroid dienone is 1. The number of nitrogens with one attached hydrogen (secondary N) is 1. The fourth-order valence-electron chi connectivity index (χ4n) is 1.96. The maximum atomic E-state index is 13.0. The average molecular weight is 256 g/mol. The Hall–Kier alpha value is -1.06. The topological polar surface area (TPSA) is 21.3 Å². The molecule has 0 aromatic heterocycles. The zero-order valence-electron chi connectivity index (χ0n) is 9.67. The van der Waals surface area contributed by atoms with E-state index in [1.165, 1.54) is 12.1 Å². The number of likely N-dealkylation sites (N-methyl/N-ethyl adjacent to an activating group) is 1. The van der Waals surface area contributed by atoms with E-state index in [2.05, 4.69) is 11.4 Å². The fourth-order valence-corrected chi connectivity index (χ4v) is 2.24. The van der Waals surface area contributed by atoms with Gasteiger partial charge in [-0.2, -0.15) is 0 Å². The molecule has 17 heavy (non-hydrogen) atoms. The molecule has 1 unspecified atom stereocenters. The Morgan fingerprint density at radius 3 is 2.88 bits per heavy atom. The lowest BCUT2D eigenvalue weighted by atomic mass is 10.0. The van der Waals surface area contributed by atoms with E-state index in [9.17, 15) is 4.39 Å². The summed E-state index contributed by atoms with van der Waals surface area (Å²) in [7, 11) is 1.84. The summed E-state index contributed by atoms with van der Waals surface area (Å²) in [6.45, 7) is 0.725. The standard InChI is InChI=1S/C13H15ClFNO/c1-16-13(12-4-2-3-7-17-12)10-6-5-9(15)8-11(10)14/h4-6,8,13,16H,2-3,7H2,1H3. The van der Waals surface area contributed by atoms with Crippen LogP contribution in [0, 0.1) is 5.82 Å². The molecule has 0 bridgehead atoms. The van der Waals surface area contributed by atoms with Crippen molar-refractivity contribution in [3.05, 3.63) is 46.4 Å². The third-order valence-electron chi connectivity index (χ3n) is 2.81. The van der Waals surface area contributed by atoms with E-state index in [-0.39, 0.29) is 11.9 Å². The first-order valence-electron chi connectivity index (χ1n) is 5.67. The average Bonchev–Trinajstić information content (AvgIpc) is 2.34. The Labute approximate surface area is 105 Å². The van der Waals surface area contributed by atoms with Crippen molar-refractivity contribution in [2.24, 2.45) is 0 Å². The van der Waals surface area contributed by atoms with E-state index in [4.69, 9.17) is 16.3 Å². The molecule has 0 radical (unpaired) electrons. The molecule has 4 heteroatoms. The zero-order valence-corrected chi connectivity index (χ0v) is 10.4. The summed E-state index contributed by atoms with van der Waals surface area (Å²) in [4.78, 5) is 0. The highest BCUT2D eigenvalue weighted by Crippen LogP contribution is 2.30. The highest BCUT2D eigenvalue weighted by molar-refractivity contribution is 6.31. The predicted molar refractivity (Wildman–Crippen MR) is 66.5 cm³/mol. The van der Waals surface area contributed by atoms with E-state index in [0.29, 0.717) is 5.02 Å². The van der Waals surface area contributed by atoms with Gasteiger partial charge in [0, 0.05) is 5.02 Å². The first kappa shape index (κ1) is 12.4. The summed E-state index contributed by atoms with van der Waals surface area (Å²) >= 11 is 6.06. The van der Waals surface area contributed by atoms with Crippen molar-refractivity contribution in [3.63, 3.8) is 0 Å². The Bertz CT molecular complexity index is 433. The van der Waals surface area contributed by atoms with Crippen LogP contribution in [0.3, 0.4) is 0 Å². The lowest BCUT2D eigenvalue weighted by molar-refractivity contribution is 0.169. The second kappa shape index (κ2) is 5.52. The van der Waals surface area contributed by atoms with Crippen molar-refractivity contribution < 1.29 is 9.13 Å². The highest BCUT2D eigenvalue weighted by Gasteiger charge is 2.20. The SMILES string of the molecule is CNC(C1=CCCCO1)c1ccc(F)cc1Cl. The zero-order chi connectivity index (χ0) is 12.3. The molecule has 0 spiro atoms.